The van der Waals surface area contributed by atoms with Gasteiger partial charge in [-0.1, -0.05) is 36.7 Å². The molecule has 0 bridgehead atoms. The first-order valence-electron chi connectivity index (χ1n) is 8.44. The molecular weight excluding hydrogens is 338 g/mol. The van der Waals surface area contributed by atoms with Gasteiger partial charge >= 0.3 is 0 Å². The van der Waals surface area contributed by atoms with Crippen LogP contribution in [-0.2, 0) is 13.1 Å². The summed E-state index contributed by atoms with van der Waals surface area (Å²) in [6.45, 7) is 5.51. The van der Waals surface area contributed by atoms with Crippen LogP contribution in [0.2, 0.25) is 5.02 Å². The summed E-state index contributed by atoms with van der Waals surface area (Å²) >= 11 is 6.34. The molecule has 2 aromatic rings. The van der Waals surface area contributed by atoms with Gasteiger partial charge in [-0.2, -0.15) is 0 Å². The number of benzene rings is 2. The predicted molar refractivity (Wildman–Crippen MR) is 102 cm³/mol. The van der Waals surface area contributed by atoms with Crippen LogP contribution in [0.5, 0.6) is 17.2 Å². The van der Waals surface area contributed by atoms with E-state index < -0.39 is 0 Å². The van der Waals surface area contributed by atoms with Gasteiger partial charge in [0.15, 0.2) is 11.5 Å². The topological polar surface area (TPSA) is 39.7 Å². The van der Waals surface area contributed by atoms with E-state index in [1.165, 1.54) is 0 Å². The molecular formula is C20H26ClNO3. The Balaban J connectivity index is 2.04. The lowest BCUT2D eigenvalue weighted by atomic mass is 10.1. The summed E-state index contributed by atoms with van der Waals surface area (Å²) in [6.07, 6.45) is 1.17. The number of hydrogen-bond acceptors (Lipinski definition) is 4. The number of para-hydroxylation sites is 1. The molecule has 0 amide bonds. The van der Waals surface area contributed by atoms with Crippen LogP contribution >= 0.6 is 11.6 Å². The van der Waals surface area contributed by atoms with Gasteiger partial charge in [0, 0.05) is 29.7 Å². The maximum absolute atomic E-state index is 6.34. The highest BCUT2D eigenvalue weighted by Gasteiger charge is 2.11. The van der Waals surface area contributed by atoms with E-state index in [2.05, 4.69) is 25.2 Å². The van der Waals surface area contributed by atoms with E-state index in [1.54, 1.807) is 20.3 Å². The van der Waals surface area contributed by atoms with Crippen molar-refractivity contribution in [1.29, 1.82) is 0 Å². The van der Waals surface area contributed by atoms with Crippen LogP contribution in [0.4, 0.5) is 0 Å². The van der Waals surface area contributed by atoms with Crippen molar-refractivity contribution in [3.05, 3.63) is 52.5 Å². The van der Waals surface area contributed by atoms with Gasteiger partial charge in [-0.25, -0.2) is 0 Å². The first-order valence-corrected chi connectivity index (χ1v) is 8.82. The van der Waals surface area contributed by atoms with E-state index in [9.17, 15) is 0 Å². The smallest absolute Gasteiger partial charge is 0.162 e. The van der Waals surface area contributed by atoms with Crippen molar-refractivity contribution in [2.75, 3.05) is 14.2 Å². The zero-order chi connectivity index (χ0) is 18.2. The Hall–Kier alpha value is -1.91. The molecule has 0 radical (unpaired) electrons. The summed E-state index contributed by atoms with van der Waals surface area (Å²) in [7, 11) is 3.21. The lowest BCUT2D eigenvalue weighted by molar-refractivity contribution is 0.215. The van der Waals surface area contributed by atoms with Crippen LogP contribution in [0.25, 0.3) is 0 Å². The Morgan fingerprint density at radius 2 is 1.60 bits per heavy atom. The molecule has 0 heterocycles. The van der Waals surface area contributed by atoms with E-state index in [4.69, 9.17) is 25.8 Å². The monoisotopic (exact) mass is 363 g/mol. The quantitative estimate of drug-likeness (QED) is 0.693. The Morgan fingerprint density at radius 3 is 2.28 bits per heavy atom. The number of halogens is 1. The van der Waals surface area contributed by atoms with Crippen LogP contribution in [0.15, 0.2) is 36.4 Å². The molecule has 0 fully saturated rings. The number of ether oxygens (including phenoxy) is 3. The summed E-state index contributed by atoms with van der Waals surface area (Å²) in [5.74, 6) is 2.22. The predicted octanol–water partition coefficient (Wildman–Crippen LogP) is 4.82. The first kappa shape index (κ1) is 19.4. The third kappa shape index (κ3) is 5.28. The van der Waals surface area contributed by atoms with E-state index in [0.29, 0.717) is 29.6 Å². The van der Waals surface area contributed by atoms with Gasteiger partial charge in [-0.15, -0.1) is 0 Å². The number of nitrogens with one attached hydrogen (secondary N) is 1. The molecule has 0 saturated heterocycles. The summed E-state index contributed by atoms with van der Waals surface area (Å²) in [4.78, 5) is 0. The average Bonchev–Trinajstić information content (AvgIpc) is 2.63. The molecule has 2 rings (SSSR count). The van der Waals surface area contributed by atoms with Crippen LogP contribution in [0, 0.1) is 0 Å². The highest BCUT2D eigenvalue weighted by Crippen LogP contribution is 2.33. The van der Waals surface area contributed by atoms with Crippen LogP contribution in [0.1, 0.15) is 31.4 Å². The van der Waals surface area contributed by atoms with E-state index >= 15 is 0 Å². The third-order valence-electron chi connectivity index (χ3n) is 4.06. The van der Waals surface area contributed by atoms with Crippen molar-refractivity contribution in [1.82, 2.24) is 5.32 Å². The van der Waals surface area contributed by atoms with Crippen molar-refractivity contribution in [3.63, 3.8) is 0 Å². The van der Waals surface area contributed by atoms with Crippen molar-refractivity contribution in [2.45, 2.75) is 39.5 Å². The van der Waals surface area contributed by atoms with E-state index in [0.717, 1.165) is 23.3 Å². The molecule has 0 saturated carbocycles. The Bertz CT molecular complexity index is 691. The summed E-state index contributed by atoms with van der Waals surface area (Å²) in [5.41, 5.74) is 2.08. The largest absolute Gasteiger partial charge is 0.493 e. The molecule has 0 aliphatic heterocycles. The molecule has 0 aliphatic carbocycles. The van der Waals surface area contributed by atoms with Gasteiger partial charge in [-0.3, -0.25) is 0 Å². The third-order valence-corrected chi connectivity index (χ3v) is 4.41. The molecule has 2 aromatic carbocycles. The fraction of sp³-hybridized carbons (Fsp3) is 0.400. The van der Waals surface area contributed by atoms with Gasteiger partial charge in [0.2, 0.25) is 0 Å². The molecule has 4 nitrogen and oxygen atoms in total. The lowest BCUT2D eigenvalue weighted by Gasteiger charge is -2.17. The Labute approximate surface area is 155 Å². The highest BCUT2D eigenvalue weighted by molar-refractivity contribution is 6.31. The number of methoxy groups -OCH3 is 2. The summed E-state index contributed by atoms with van der Waals surface area (Å²) < 4.78 is 16.6. The second-order valence-electron chi connectivity index (χ2n) is 5.85. The molecule has 0 aromatic heterocycles. The minimum absolute atomic E-state index is 0.196. The van der Waals surface area contributed by atoms with E-state index in [-0.39, 0.29) is 6.10 Å². The maximum Gasteiger partial charge on any atom is 0.162 e. The van der Waals surface area contributed by atoms with Gasteiger partial charge in [0.1, 0.15) is 5.75 Å². The second-order valence-corrected chi connectivity index (χ2v) is 6.25. The standard InChI is InChI=1S/C20H26ClNO3/c1-5-14(2)25-18-9-7-6-8-15(18)12-22-13-16-10-19(23-3)20(24-4)11-17(16)21/h6-11,14,22H,5,12-13H2,1-4H3. The zero-order valence-electron chi connectivity index (χ0n) is 15.3. The molecule has 0 spiro atoms. The Morgan fingerprint density at radius 1 is 0.960 bits per heavy atom. The number of hydrogen-bond donors (Lipinski definition) is 1. The van der Waals surface area contributed by atoms with Crippen molar-refractivity contribution >= 4 is 11.6 Å². The fourth-order valence-corrected chi connectivity index (χ4v) is 2.65. The number of rotatable bonds is 9. The second kappa shape index (κ2) is 9.54. The molecule has 5 heteroatoms. The van der Waals surface area contributed by atoms with Gasteiger partial charge < -0.3 is 19.5 Å². The average molecular weight is 364 g/mol. The zero-order valence-corrected chi connectivity index (χ0v) is 16.0. The summed E-state index contributed by atoms with van der Waals surface area (Å²) in [6, 6.07) is 11.8. The molecule has 1 unspecified atom stereocenters. The van der Waals surface area contributed by atoms with Crippen molar-refractivity contribution in [2.24, 2.45) is 0 Å². The molecule has 136 valence electrons. The molecule has 0 aliphatic rings. The fourth-order valence-electron chi connectivity index (χ4n) is 2.43. The van der Waals surface area contributed by atoms with Crippen molar-refractivity contribution < 1.29 is 14.2 Å². The van der Waals surface area contributed by atoms with Gasteiger partial charge in [0.25, 0.3) is 0 Å². The van der Waals surface area contributed by atoms with Gasteiger partial charge in [-0.05, 0) is 31.0 Å². The molecule has 1 atom stereocenters. The van der Waals surface area contributed by atoms with Crippen molar-refractivity contribution in [3.8, 4) is 17.2 Å². The van der Waals surface area contributed by atoms with Crippen LogP contribution in [0.3, 0.4) is 0 Å². The normalized spacial score (nSPS) is 11.9. The SMILES string of the molecule is CCC(C)Oc1ccccc1CNCc1cc(OC)c(OC)cc1Cl. The molecule has 1 N–H and O–H groups in total. The highest BCUT2D eigenvalue weighted by atomic mass is 35.5. The minimum atomic E-state index is 0.196. The van der Waals surface area contributed by atoms with Crippen LogP contribution in [-0.4, -0.2) is 20.3 Å². The van der Waals surface area contributed by atoms with Gasteiger partial charge in [0.05, 0.1) is 20.3 Å². The Kier molecular flexibility index (Phi) is 7.41. The lowest BCUT2D eigenvalue weighted by Crippen LogP contribution is -2.16. The van der Waals surface area contributed by atoms with E-state index in [1.807, 2.05) is 24.3 Å². The first-order chi connectivity index (χ1) is 12.1. The van der Waals surface area contributed by atoms with Crippen LogP contribution < -0.4 is 19.5 Å². The minimum Gasteiger partial charge on any atom is -0.493 e. The summed E-state index contributed by atoms with van der Waals surface area (Å²) in [5, 5.41) is 4.07. The maximum atomic E-state index is 6.34. The molecule has 25 heavy (non-hydrogen) atoms.